The summed E-state index contributed by atoms with van der Waals surface area (Å²) in [6, 6.07) is 15.6. The molecule has 1 radical (unpaired) electrons. The zero-order valence-corrected chi connectivity index (χ0v) is 7.62. The Balaban J connectivity index is 2.75. The SMILES string of the molecule is CC=Cc1[c]ccc2ccccc12. The first-order valence-electron chi connectivity index (χ1n) is 4.44. The van der Waals surface area contributed by atoms with Crippen molar-refractivity contribution in [1.29, 1.82) is 0 Å². The summed E-state index contributed by atoms with van der Waals surface area (Å²) in [5, 5.41) is 2.54. The fraction of sp³-hybridized carbons (Fsp3) is 0.0769. The molecular formula is C13H11. The minimum Gasteiger partial charge on any atom is -0.0870 e. The van der Waals surface area contributed by atoms with Crippen LogP contribution < -0.4 is 0 Å². The normalized spacial score (nSPS) is 11.2. The van der Waals surface area contributed by atoms with Crippen molar-refractivity contribution in [3.05, 3.63) is 54.1 Å². The fourth-order valence-corrected chi connectivity index (χ4v) is 1.49. The van der Waals surface area contributed by atoms with Crippen LogP contribution in [0.4, 0.5) is 0 Å². The molecule has 2 rings (SSSR count). The van der Waals surface area contributed by atoms with Crippen molar-refractivity contribution in [2.24, 2.45) is 0 Å². The highest BCUT2D eigenvalue weighted by molar-refractivity contribution is 5.90. The predicted molar refractivity (Wildman–Crippen MR) is 57.5 cm³/mol. The van der Waals surface area contributed by atoms with Gasteiger partial charge in [0.2, 0.25) is 0 Å². The number of hydrogen-bond donors (Lipinski definition) is 0. The standard InChI is InChI=1S/C13H11/c1-2-6-11-8-5-9-12-7-3-4-10-13(11)12/h2-7,9-10H,1H3. The second kappa shape index (κ2) is 3.44. The molecule has 0 amide bonds. The van der Waals surface area contributed by atoms with Gasteiger partial charge in [-0.1, -0.05) is 48.6 Å². The van der Waals surface area contributed by atoms with E-state index in [9.17, 15) is 0 Å². The molecule has 0 heteroatoms. The van der Waals surface area contributed by atoms with Crippen LogP contribution in [-0.2, 0) is 0 Å². The number of benzene rings is 2. The number of allylic oxidation sites excluding steroid dienone is 1. The lowest BCUT2D eigenvalue weighted by Gasteiger charge is -2.00. The summed E-state index contributed by atoms with van der Waals surface area (Å²) in [6.45, 7) is 2.02. The first-order valence-corrected chi connectivity index (χ1v) is 4.44. The van der Waals surface area contributed by atoms with Crippen molar-refractivity contribution in [2.45, 2.75) is 6.92 Å². The molecule has 0 saturated carbocycles. The molecule has 0 unspecified atom stereocenters. The van der Waals surface area contributed by atoms with Gasteiger partial charge in [-0.25, -0.2) is 0 Å². The van der Waals surface area contributed by atoms with Crippen molar-refractivity contribution in [1.82, 2.24) is 0 Å². The van der Waals surface area contributed by atoms with E-state index < -0.39 is 0 Å². The maximum Gasteiger partial charge on any atom is -0.00989 e. The van der Waals surface area contributed by atoms with E-state index in [2.05, 4.69) is 42.5 Å². The monoisotopic (exact) mass is 167 g/mol. The lowest BCUT2D eigenvalue weighted by molar-refractivity contribution is 1.68. The minimum absolute atomic E-state index is 1.17. The van der Waals surface area contributed by atoms with Crippen molar-refractivity contribution in [3.8, 4) is 0 Å². The van der Waals surface area contributed by atoms with Gasteiger partial charge >= 0.3 is 0 Å². The molecule has 0 fully saturated rings. The summed E-state index contributed by atoms with van der Waals surface area (Å²) < 4.78 is 0. The van der Waals surface area contributed by atoms with E-state index >= 15 is 0 Å². The van der Waals surface area contributed by atoms with Crippen molar-refractivity contribution >= 4 is 16.8 Å². The predicted octanol–water partition coefficient (Wildman–Crippen LogP) is 3.67. The van der Waals surface area contributed by atoms with Gasteiger partial charge in [-0.15, -0.1) is 0 Å². The smallest absolute Gasteiger partial charge is 0.00989 e. The van der Waals surface area contributed by atoms with Gasteiger partial charge in [0.1, 0.15) is 0 Å². The van der Waals surface area contributed by atoms with Crippen LogP contribution in [0.5, 0.6) is 0 Å². The molecule has 0 aromatic heterocycles. The van der Waals surface area contributed by atoms with Gasteiger partial charge < -0.3 is 0 Å². The molecule has 0 nitrogen and oxygen atoms in total. The minimum atomic E-state index is 1.17. The Morgan fingerprint density at radius 3 is 2.85 bits per heavy atom. The van der Waals surface area contributed by atoms with E-state index in [1.54, 1.807) is 0 Å². The van der Waals surface area contributed by atoms with Gasteiger partial charge in [0.25, 0.3) is 0 Å². The Morgan fingerprint density at radius 1 is 1.15 bits per heavy atom. The van der Waals surface area contributed by atoms with Crippen LogP contribution in [0.25, 0.3) is 16.8 Å². The average molecular weight is 167 g/mol. The molecule has 63 valence electrons. The number of fused-ring (bicyclic) bond motifs is 1. The van der Waals surface area contributed by atoms with E-state index in [-0.39, 0.29) is 0 Å². The molecule has 2 aromatic carbocycles. The summed E-state index contributed by atoms with van der Waals surface area (Å²) in [4.78, 5) is 0. The van der Waals surface area contributed by atoms with Gasteiger partial charge in [0, 0.05) is 0 Å². The zero-order valence-electron chi connectivity index (χ0n) is 7.62. The largest absolute Gasteiger partial charge is 0.0870 e. The van der Waals surface area contributed by atoms with Crippen LogP contribution in [0.2, 0.25) is 0 Å². The van der Waals surface area contributed by atoms with Gasteiger partial charge in [0.05, 0.1) is 0 Å². The lowest BCUT2D eigenvalue weighted by Crippen LogP contribution is -1.77. The fourth-order valence-electron chi connectivity index (χ4n) is 1.49. The topological polar surface area (TPSA) is 0 Å². The lowest BCUT2D eigenvalue weighted by atomic mass is 10.0. The Bertz CT molecular complexity index is 433. The summed E-state index contributed by atoms with van der Waals surface area (Å²) in [6.07, 6.45) is 4.13. The van der Waals surface area contributed by atoms with E-state index in [0.29, 0.717) is 0 Å². The van der Waals surface area contributed by atoms with E-state index in [4.69, 9.17) is 0 Å². The van der Waals surface area contributed by atoms with Crippen molar-refractivity contribution < 1.29 is 0 Å². The van der Waals surface area contributed by atoms with Crippen LogP contribution in [-0.4, -0.2) is 0 Å². The molecule has 0 heterocycles. The number of hydrogen-bond acceptors (Lipinski definition) is 0. The molecular weight excluding hydrogens is 156 g/mol. The summed E-state index contributed by atoms with van der Waals surface area (Å²) >= 11 is 0. The second-order valence-electron chi connectivity index (χ2n) is 2.98. The molecule has 13 heavy (non-hydrogen) atoms. The molecule has 0 aliphatic carbocycles. The Hall–Kier alpha value is -1.56. The second-order valence-corrected chi connectivity index (χ2v) is 2.98. The maximum absolute atomic E-state index is 3.23. The molecule has 0 atom stereocenters. The van der Waals surface area contributed by atoms with Crippen LogP contribution in [0.15, 0.2) is 42.5 Å². The summed E-state index contributed by atoms with van der Waals surface area (Å²) in [7, 11) is 0. The van der Waals surface area contributed by atoms with Crippen LogP contribution in [0.3, 0.4) is 0 Å². The first-order chi connectivity index (χ1) is 6.42. The third kappa shape index (κ3) is 1.48. The van der Waals surface area contributed by atoms with E-state index in [1.807, 2.05) is 19.1 Å². The van der Waals surface area contributed by atoms with Gasteiger partial charge in [-0.3, -0.25) is 0 Å². The zero-order chi connectivity index (χ0) is 9.10. The van der Waals surface area contributed by atoms with Crippen molar-refractivity contribution in [3.63, 3.8) is 0 Å². The van der Waals surface area contributed by atoms with Crippen LogP contribution >= 0.6 is 0 Å². The highest BCUT2D eigenvalue weighted by Crippen LogP contribution is 2.18. The van der Waals surface area contributed by atoms with Crippen LogP contribution in [0, 0.1) is 6.07 Å². The first kappa shape index (κ1) is 8.06. The third-order valence-corrected chi connectivity index (χ3v) is 2.09. The highest BCUT2D eigenvalue weighted by Gasteiger charge is 1.95. The summed E-state index contributed by atoms with van der Waals surface area (Å²) in [5.41, 5.74) is 1.17. The number of rotatable bonds is 1. The van der Waals surface area contributed by atoms with Crippen molar-refractivity contribution in [2.75, 3.05) is 0 Å². The van der Waals surface area contributed by atoms with Gasteiger partial charge in [-0.2, -0.15) is 0 Å². The Morgan fingerprint density at radius 2 is 2.00 bits per heavy atom. The third-order valence-electron chi connectivity index (χ3n) is 2.09. The van der Waals surface area contributed by atoms with Gasteiger partial charge in [0.15, 0.2) is 0 Å². The van der Waals surface area contributed by atoms with Crippen LogP contribution in [0.1, 0.15) is 12.5 Å². The molecule has 0 spiro atoms. The van der Waals surface area contributed by atoms with E-state index in [0.717, 1.165) is 0 Å². The molecule has 0 aliphatic rings. The maximum atomic E-state index is 3.23. The quantitative estimate of drug-likeness (QED) is 0.607. The molecule has 2 aromatic rings. The average Bonchev–Trinajstić information content (AvgIpc) is 2.19. The highest BCUT2D eigenvalue weighted by atomic mass is 14.0. The molecule has 0 aliphatic heterocycles. The Kier molecular flexibility index (Phi) is 2.13. The molecule has 0 bridgehead atoms. The Labute approximate surface area is 78.5 Å². The molecule has 0 saturated heterocycles. The molecule has 0 N–H and O–H groups in total. The van der Waals surface area contributed by atoms with E-state index in [1.165, 1.54) is 16.3 Å². The van der Waals surface area contributed by atoms with Gasteiger partial charge in [-0.05, 0) is 29.3 Å². The summed E-state index contributed by atoms with van der Waals surface area (Å²) in [5.74, 6) is 0.